The van der Waals surface area contributed by atoms with E-state index in [2.05, 4.69) is 0 Å². The number of amides is 1. The number of nitrogens with two attached hydrogens (primary N) is 1. The Kier molecular flexibility index (Phi) is 4.20. The van der Waals surface area contributed by atoms with Crippen LogP contribution in [0, 0.1) is 0 Å². The molecule has 0 aliphatic heterocycles. The number of carboxylic acids is 1. The molecule has 0 aliphatic rings. The average molecular weight is 277 g/mol. The monoisotopic (exact) mass is 276 g/mol. The lowest BCUT2D eigenvalue weighted by Crippen LogP contribution is -2.31. The van der Waals surface area contributed by atoms with Crippen LogP contribution in [0.25, 0.3) is 0 Å². The van der Waals surface area contributed by atoms with E-state index in [4.69, 9.17) is 34.0 Å². The van der Waals surface area contributed by atoms with Crippen LogP contribution in [0.3, 0.4) is 0 Å². The number of aliphatic carboxylic acids is 1. The van der Waals surface area contributed by atoms with Gasteiger partial charge in [0.15, 0.2) is 0 Å². The van der Waals surface area contributed by atoms with Crippen molar-refractivity contribution in [2.75, 3.05) is 19.3 Å². The van der Waals surface area contributed by atoms with Crippen molar-refractivity contribution in [1.82, 2.24) is 4.90 Å². The Morgan fingerprint density at radius 1 is 1.35 bits per heavy atom. The standard InChI is InChI=1S/C10H10Cl2N2O3/c1-14(4-8(15)16)10(17)5-2-6(11)9(13)7(12)3-5/h2-3H,4,13H2,1H3,(H,15,16). The van der Waals surface area contributed by atoms with Gasteiger partial charge in [0.2, 0.25) is 0 Å². The minimum Gasteiger partial charge on any atom is -0.480 e. The summed E-state index contributed by atoms with van der Waals surface area (Å²) in [7, 11) is 1.37. The molecule has 0 aliphatic carbocycles. The maximum Gasteiger partial charge on any atom is 0.323 e. The summed E-state index contributed by atoms with van der Waals surface area (Å²) in [5.74, 6) is -1.59. The molecule has 1 rings (SSSR count). The molecule has 0 unspecified atom stereocenters. The zero-order valence-corrected chi connectivity index (χ0v) is 10.4. The second-order valence-corrected chi connectivity index (χ2v) is 4.22. The van der Waals surface area contributed by atoms with Gasteiger partial charge in [-0.1, -0.05) is 23.2 Å². The highest BCUT2D eigenvalue weighted by Crippen LogP contribution is 2.29. The summed E-state index contributed by atoms with van der Waals surface area (Å²) in [6.07, 6.45) is 0. The molecule has 0 spiro atoms. The van der Waals surface area contributed by atoms with Gasteiger partial charge < -0.3 is 15.7 Å². The van der Waals surface area contributed by atoms with Crippen LogP contribution >= 0.6 is 23.2 Å². The molecule has 0 radical (unpaired) electrons. The van der Waals surface area contributed by atoms with E-state index in [1.165, 1.54) is 19.2 Å². The summed E-state index contributed by atoms with van der Waals surface area (Å²) in [5, 5.41) is 8.88. The van der Waals surface area contributed by atoms with Gasteiger partial charge in [-0.25, -0.2) is 0 Å². The van der Waals surface area contributed by atoms with Crippen LogP contribution in [0.1, 0.15) is 10.4 Å². The molecular formula is C10H10Cl2N2O3. The van der Waals surface area contributed by atoms with Crippen LogP contribution in [-0.4, -0.2) is 35.5 Å². The molecule has 0 fully saturated rings. The molecule has 7 heteroatoms. The molecule has 0 saturated carbocycles. The Balaban J connectivity index is 3.01. The largest absolute Gasteiger partial charge is 0.480 e. The number of hydrogen-bond donors (Lipinski definition) is 2. The topological polar surface area (TPSA) is 83.6 Å². The summed E-state index contributed by atoms with van der Waals surface area (Å²) >= 11 is 11.6. The van der Waals surface area contributed by atoms with Crippen LogP contribution in [0.5, 0.6) is 0 Å². The van der Waals surface area contributed by atoms with Gasteiger partial charge in [-0.05, 0) is 12.1 Å². The Morgan fingerprint density at radius 3 is 2.24 bits per heavy atom. The van der Waals surface area contributed by atoms with Crippen LogP contribution in [-0.2, 0) is 4.79 Å². The summed E-state index contributed by atoms with van der Waals surface area (Å²) in [4.78, 5) is 23.3. The van der Waals surface area contributed by atoms with E-state index in [0.29, 0.717) is 0 Å². The maximum atomic E-state index is 11.8. The molecule has 1 aromatic rings. The quantitative estimate of drug-likeness (QED) is 0.824. The zero-order chi connectivity index (χ0) is 13.2. The normalized spacial score (nSPS) is 10.1. The van der Waals surface area contributed by atoms with Gasteiger partial charge in [0, 0.05) is 12.6 Å². The van der Waals surface area contributed by atoms with Crippen LogP contribution in [0.15, 0.2) is 12.1 Å². The lowest BCUT2D eigenvalue weighted by Gasteiger charge is -2.15. The van der Waals surface area contributed by atoms with Crippen molar-refractivity contribution in [2.45, 2.75) is 0 Å². The highest BCUT2D eigenvalue weighted by Gasteiger charge is 2.16. The summed E-state index contributed by atoms with van der Waals surface area (Å²) in [6, 6.07) is 2.70. The SMILES string of the molecule is CN(CC(=O)O)C(=O)c1cc(Cl)c(N)c(Cl)c1. The van der Waals surface area contributed by atoms with E-state index in [-0.39, 0.29) is 21.3 Å². The van der Waals surface area contributed by atoms with E-state index < -0.39 is 18.4 Å². The molecule has 0 bridgehead atoms. The Bertz CT molecular complexity index is 454. The lowest BCUT2D eigenvalue weighted by molar-refractivity contribution is -0.137. The minimum absolute atomic E-state index is 0.157. The highest BCUT2D eigenvalue weighted by atomic mass is 35.5. The number of halogens is 2. The van der Waals surface area contributed by atoms with Crippen LogP contribution < -0.4 is 5.73 Å². The molecule has 0 aromatic heterocycles. The molecule has 17 heavy (non-hydrogen) atoms. The van der Waals surface area contributed by atoms with Gasteiger partial charge in [-0.2, -0.15) is 0 Å². The second-order valence-electron chi connectivity index (χ2n) is 3.41. The predicted octanol–water partition coefficient (Wildman–Crippen LogP) is 1.73. The number of nitrogens with zero attached hydrogens (tertiary/aromatic N) is 1. The first-order valence-electron chi connectivity index (χ1n) is 4.54. The predicted molar refractivity (Wildman–Crippen MR) is 65.5 cm³/mol. The molecular weight excluding hydrogens is 267 g/mol. The molecule has 1 aromatic carbocycles. The van der Waals surface area contributed by atoms with Gasteiger partial charge in [0.1, 0.15) is 6.54 Å². The van der Waals surface area contributed by atoms with Crippen molar-refractivity contribution in [3.63, 3.8) is 0 Å². The molecule has 5 nitrogen and oxygen atoms in total. The first-order chi connectivity index (χ1) is 7.82. The van der Waals surface area contributed by atoms with E-state index in [1.54, 1.807) is 0 Å². The van der Waals surface area contributed by atoms with Crippen molar-refractivity contribution < 1.29 is 14.7 Å². The third-order valence-electron chi connectivity index (χ3n) is 2.05. The van der Waals surface area contributed by atoms with Crippen molar-refractivity contribution in [1.29, 1.82) is 0 Å². The lowest BCUT2D eigenvalue weighted by atomic mass is 10.2. The Labute approximate surface area is 108 Å². The van der Waals surface area contributed by atoms with E-state index in [9.17, 15) is 9.59 Å². The molecule has 3 N–H and O–H groups in total. The first kappa shape index (κ1) is 13.6. The van der Waals surface area contributed by atoms with Crippen molar-refractivity contribution >= 4 is 40.8 Å². The van der Waals surface area contributed by atoms with Gasteiger partial charge in [-0.15, -0.1) is 0 Å². The Hall–Kier alpha value is -1.46. The number of nitrogen functional groups attached to an aromatic ring is 1. The van der Waals surface area contributed by atoms with E-state index in [1.807, 2.05) is 0 Å². The van der Waals surface area contributed by atoms with E-state index in [0.717, 1.165) is 4.90 Å². The number of anilines is 1. The summed E-state index contributed by atoms with van der Waals surface area (Å²) in [5.41, 5.74) is 5.90. The third kappa shape index (κ3) is 3.25. The number of benzene rings is 1. The molecule has 0 heterocycles. The van der Waals surface area contributed by atoms with Crippen LogP contribution in [0.2, 0.25) is 10.0 Å². The maximum absolute atomic E-state index is 11.8. The number of carbonyl (C=O) groups is 2. The van der Waals surface area contributed by atoms with Crippen molar-refractivity contribution in [2.24, 2.45) is 0 Å². The van der Waals surface area contributed by atoms with Gasteiger partial charge >= 0.3 is 5.97 Å². The highest BCUT2D eigenvalue weighted by molar-refractivity contribution is 6.39. The van der Waals surface area contributed by atoms with Crippen LogP contribution in [0.4, 0.5) is 5.69 Å². The summed E-state index contributed by atoms with van der Waals surface area (Å²) in [6.45, 7) is -0.404. The molecule has 1 amide bonds. The zero-order valence-electron chi connectivity index (χ0n) is 8.91. The van der Waals surface area contributed by atoms with E-state index >= 15 is 0 Å². The number of hydrogen-bond acceptors (Lipinski definition) is 3. The number of carbonyl (C=O) groups excluding carboxylic acids is 1. The molecule has 0 atom stereocenters. The fraction of sp³-hybridized carbons (Fsp3) is 0.200. The second kappa shape index (κ2) is 5.25. The fourth-order valence-corrected chi connectivity index (χ4v) is 1.69. The smallest absolute Gasteiger partial charge is 0.323 e. The minimum atomic E-state index is -1.10. The number of rotatable bonds is 3. The van der Waals surface area contributed by atoms with Gasteiger partial charge in [-0.3, -0.25) is 9.59 Å². The Morgan fingerprint density at radius 2 is 1.82 bits per heavy atom. The average Bonchev–Trinajstić information content (AvgIpc) is 2.23. The van der Waals surface area contributed by atoms with Gasteiger partial charge in [0.25, 0.3) is 5.91 Å². The van der Waals surface area contributed by atoms with Gasteiger partial charge in [0.05, 0.1) is 15.7 Å². The van der Waals surface area contributed by atoms with Crippen molar-refractivity contribution in [3.05, 3.63) is 27.7 Å². The summed E-state index contributed by atoms with van der Waals surface area (Å²) < 4.78 is 0. The number of carboxylic acid groups (broad SMARTS) is 1. The van der Waals surface area contributed by atoms with Crippen molar-refractivity contribution in [3.8, 4) is 0 Å². The molecule has 0 saturated heterocycles. The molecule has 92 valence electrons. The fourth-order valence-electron chi connectivity index (χ4n) is 1.20. The number of likely N-dealkylation sites (N-methyl/N-ethyl adjacent to an activating group) is 1. The first-order valence-corrected chi connectivity index (χ1v) is 5.30. The third-order valence-corrected chi connectivity index (χ3v) is 2.67.